The third-order valence-electron chi connectivity index (χ3n) is 8.75. The summed E-state index contributed by atoms with van der Waals surface area (Å²) in [5.41, 5.74) is 11.6. The summed E-state index contributed by atoms with van der Waals surface area (Å²) in [4.78, 5) is 20.1. The van der Waals surface area contributed by atoms with E-state index in [1.54, 1.807) is 12.4 Å². The molecule has 8 rings (SSSR count). The molecule has 4 nitrogen and oxygen atoms in total. The quantitative estimate of drug-likeness (QED) is 0.188. The van der Waals surface area contributed by atoms with Gasteiger partial charge in [0, 0.05) is 45.5 Å². The first kappa shape index (κ1) is 27.1. The summed E-state index contributed by atoms with van der Waals surface area (Å²) in [7, 11) is -2.03. The van der Waals surface area contributed by atoms with E-state index in [1.807, 2.05) is 18.2 Å². The van der Waals surface area contributed by atoms with Gasteiger partial charge in [0.15, 0.2) is 5.82 Å². The summed E-state index contributed by atoms with van der Waals surface area (Å²) in [6, 6.07) is 46.7. The summed E-state index contributed by atoms with van der Waals surface area (Å²) in [6.45, 7) is 4.81. The number of benzene rings is 5. The standard InChI is InChI=1S/C40H30N4Si/c1-45(2)34-22-10-9-21-33(34)35-36(27-13-5-3-6-14-27)43-39(44-40(35)45)32-20-12-18-30(26-32)29-17-11-19-31(25-29)38-37(41-23-24-42-38)28-15-7-4-8-16-28/h3-26H,1-2H3. The Hall–Kier alpha value is -5.52. The molecule has 45 heavy (non-hydrogen) atoms. The average molecular weight is 595 g/mol. The molecule has 1 aliphatic rings. The van der Waals surface area contributed by atoms with Crippen LogP contribution in [0.15, 0.2) is 146 Å². The Kier molecular flexibility index (Phi) is 6.54. The minimum atomic E-state index is -2.03. The van der Waals surface area contributed by atoms with Gasteiger partial charge in [-0.3, -0.25) is 9.97 Å². The van der Waals surface area contributed by atoms with Crippen molar-refractivity contribution < 1.29 is 0 Å². The van der Waals surface area contributed by atoms with Gasteiger partial charge in [0.2, 0.25) is 0 Å². The topological polar surface area (TPSA) is 51.6 Å². The average Bonchev–Trinajstić information content (AvgIpc) is 3.35. The largest absolute Gasteiger partial charge is 0.252 e. The van der Waals surface area contributed by atoms with Gasteiger partial charge in [-0.2, -0.15) is 0 Å². The number of rotatable bonds is 5. The molecule has 0 radical (unpaired) electrons. The second-order valence-corrected chi connectivity index (χ2v) is 16.2. The van der Waals surface area contributed by atoms with Gasteiger partial charge in [-0.05, 0) is 34.0 Å². The Bertz CT molecular complexity index is 2190. The fourth-order valence-corrected chi connectivity index (χ4v) is 9.43. The highest BCUT2D eigenvalue weighted by Crippen LogP contribution is 2.37. The second kappa shape index (κ2) is 10.9. The second-order valence-electron chi connectivity index (χ2n) is 11.9. The molecule has 0 saturated heterocycles. The first-order chi connectivity index (χ1) is 22.1. The number of nitrogens with zero attached hydrogens (tertiary/aromatic N) is 4. The van der Waals surface area contributed by atoms with Gasteiger partial charge >= 0.3 is 0 Å². The lowest BCUT2D eigenvalue weighted by Crippen LogP contribution is -2.50. The number of hydrogen-bond donors (Lipinski definition) is 0. The van der Waals surface area contributed by atoms with Crippen molar-refractivity contribution in [3.05, 3.63) is 146 Å². The Morgan fingerprint density at radius 2 is 0.956 bits per heavy atom. The molecule has 0 unspecified atom stereocenters. The van der Waals surface area contributed by atoms with Crippen molar-refractivity contribution in [1.29, 1.82) is 0 Å². The molecule has 214 valence electrons. The van der Waals surface area contributed by atoms with Crippen LogP contribution in [0.2, 0.25) is 13.1 Å². The molecule has 0 atom stereocenters. The fraction of sp³-hybridized carbons (Fsp3) is 0.0500. The molecule has 5 heteroatoms. The summed E-state index contributed by atoms with van der Waals surface area (Å²) in [5.74, 6) is 0.763. The number of aromatic nitrogens is 4. The van der Waals surface area contributed by atoms with Crippen molar-refractivity contribution in [1.82, 2.24) is 19.9 Å². The predicted molar refractivity (Wildman–Crippen MR) is 187 cm³/mol. The molecule has 0 fully saturated rings. The van der Waals surface area contributed by atoms with Crippen LogP contribution >= 0.6 is 0 Å². The van der Waals surface area contributed by atoms with E-state index >= 15 is 0 Å². The van der Waals surface area contributed by atoms with Crippen LogP contribution in [0.5, 0.6) is 0 Å². The first-order valence-corrected chi connectivity index (χ1v) is 18.2. The highest BCUT2D eigenvalue weighted by Gasteiger charge is 2.41. The van der Waals surface area contributed by atoms with E-state index in [-0.39, 0.29) is 0 Å². The van der Waals surface area contributed by atoms with E-state index in [1.165, 1.54) is 21.6 Å². The van der Waals surface area contributed by atoms with Crippen molar-refractivity contribution in [3.8, 4) is 67.4 Å². The highest BCUT2D eigenvalue weighted by atomic mass is 28.3. The molecule has 0 spiro atoms. The molecule has 3 heterocycles. The maximum Gasteiger partial charge on any atom is 0.159 e. The normalized spacial score (nSPS) is 12.8. The minimum Gasteiger partial charge on any atom is -0.252 e. The zero-order chi connectivity index (χ0) is 30.4. The molecule has 7 aromatic rings. The molecule has 0 saturated carbocycles. The molecular formula is C40H30N4Si. The SMILES string of the molecule is C[Si]1(C)c2ccccc2-c2c(-c3ccccc3)nc(-c3cccc(-c4cccc(-c5nccnc5-c5ccccc5)c4)c3)nc21. The third kappa shape index (κ3) is 4.69. The van der Waals surface area contributed by atoms with E-state index < -0.39 is 8.07 Å². The van der Waals surface area contributed by atoms with Crippen molar-refractivity contribution in [3.63, 3.8) is 0 Å². The molecule has 5 aromatic carbocycles. The van der Waals surface area contributed by atoms with Crippen molar-refractivity contribution in [2.45, 2.75) is 13.1 Å². The lowest BCUT2D eigenvalue weighted by Gasteiger charge is -2.19. The lowest BCUT2D eigenvalue weighted by atomic mass is 9.97. The van der Waals surface area contributed by atoms with Crippen LogP contribution in [-0.2, 0) is 0 Å². The Balaban J connectivity index is 1.25. The molecule has 0 bridgehead atoms. The molecule has 0 N–H and O–H groups in total. The van der Waals surface area contributed by atoms with E-state index in [9.17, 15) is 0 Å². The summed E-state index contributed by atoms with van der Waals surface area (Å²) >= 11 is 0. The first-order valence-electron chi connectivity index (χ1n) is 15.2. The van der Waals surface area contributed by atoms with Gasteiger partial charge < -0.3 is 0 Å². The molecule has 1 aliphatic heterocycles. The van der Waals surface area contributed by atoms with Gasteiger partial charge in [-0.25, -0.2) is 9.97 Å². The zero-order valence-corrected chi connectivity index (χ0v) is 26.1. The van der Waals surface area contributed by atoms with Crippen LogP contribution in [0, 0.1) is 0 Å². The van der Waals surface area contributed by atoms with Crippen molar-refractivity contribution in [2.24, 2.45) is 0 Å². The van der Waals surface area contributed by atoms with Crippen molar-refractivity contribution in [2.75, 3.05) is 0 Å². The van der Waals surface area contributed by atoms with Gasteiger partial charge in [0.05, 0.1) is 17.1 Å². The van der Waals surface area contributed by atoms with Crippen LogP contribution in [0.3, 0.4) is 0 Å². The van der Waals surface area contributed by atoms with E-state index in [0.29, 0.717) is 0 Å². The van der Waals surface area contributed by atoms with E-state index in [2.05, 4.69) is 128 Å². The Morgan fingerprint density at radius 3 is 1.64 bits per heavy atom. The lowest BCUT2D eigenvalue weighted by molar-refractivity contribution is 1.21. The minimum absolute atomic E-state index is 0.763. The number of fused-ring (bicyclic) bond motifs is 3. The maximum absolute atomic E-state index is 5.35. The maximum atomic E-state index is 5.35. The molecule has 0 amide bonds. The summed E-state index contributed by atoms with van der Waals surface area (Å²) in [5, 5.41) is 2.63. The molecular weight excluding hydrogens is 565 g/mol. The summed E-state index contributed by atoms with van der Waals surface area (Å²) < 4.78 is 0. The van der Waals surface area contributed by atoms with Gasteiger partial charge in [-0.1, -0.05) is 134 Å². The van der Waals surface area contributed by atoms with E-state index in [4.69, 9.17) is 19.9 Å². The Labute approximate surface area is 264 Å². The van der Waals surface area contributed by atoms with E-state index in [0.717, 1.165) is 56.3 Å². The molecule has 0 aliphatic carbocycles. The van der Waals surface area contributed by atoms with Crippen LogP contribution in [-0.4, -0.2) is 28.0 Å². The summed E-state index contributed by atoms with van der Waals surface area (Å²) in [6.07, 6.45) is 3.51. The number of hydrogen-bond acceptors (Lipinski definition) is 4. The smallest absolute Gasteiger partial charge is 0.159 e. The van der Waals surface area contributed by atoms with Gasteiger partial charge in [0.25, 0.3) is 0 Å². The third-order valence-corrected chi connectivity index (χ3v) is 12.1. The monoisotopic (exact) mass is 594 g/mol. The van der Waals surface area contributed by atoms with Crippen LogP contribution in [0.4, 0.5) is 0 Å². The van der Waals surface area contributed by atoms with Gasteiger partial charge in [-0.15, -0.1) is 0 Å². The fourth-order valence-electron chi connectivity index (χ4n) is 6.52. The van der Waals surface area contributed by atoms with Crippen LogP contribution in [0.25, 0.3) is 67.4 Å². The molecule has 2 aromatic heterocycles. The van der Waals surface area contributed by atoms with Crippen molar-refractivity contribution >= 4 is 18.6 Å². The van der Waals surface area contributed by atoms with Crippen LogP contribution < -0.4 is 10.5 Å². The van der Waals surface area contributed by atoms with Crippen LogP contribution in [0.1, 0.15) is 0 Å². The zero-order valence-electron chi connectivity index (χ0n) is 25.1. The predicted octanol–water partition coefficient (Wildman–Crippen LogP) is 8.40. The Morgan fingerprint density at radius 1 is 0.444 bits per heavy atom. The highest BCUT2D eigenvalue weighted by molar-refractivity contribution is 7.03. The van der Waals surface area contributed by atoms with Gasteiger partial charge in [0.1, 0.15) is 8.07 Å².